The van der Waals surface area contributed by atoms with E-state index in [1.54, 1.807) is 7.11 Å². The third-order valence-corrected chi connectivity index (χ3v) is 3.11. The van der Waals surface area contributed by atoms with Crippen molar-refractivity contribution in [2.45, 2.75) is 13.3 Å². The van der Waals surface area contributed by atoms with Crippen LogP contribution in [0.1, 0.15) is 11.1 Å². The number of ether oxygens (including phenoxy) is 1. The van der Waals surface area contributed by atoms with E-state index in [1.807, 2.05) is 49.4 Å². The van der Waals surface area contributed by atoms with Crippen LogP contribution >= 0.6 is 0 Å². The van der Waals surface area contributed by atoms with Gasteiger partial charge >= 0.3 is 0 Å². The van der Waals surface area contributed by atoms with Gasteiger partial charge in [0.1, 0.15) is 5.75 Å². The maximum atomic E-state index is 5.89. The first kappa shape index (κ1) is 14.9. The monoisotopic (exact) mass is 283 g/mol. The Bertz CT molecular complexity index is 623. The summed E-state index contributed by atoms with van der Waals surface area (Å²) in [6, 6.07) is 16.0. The molecule has 2 aromatic rings. The van der Waals surface area contributed by atoms with Gasteiger partial charge in [-0.05, 0) is 48.7 Å². The van der Waals surface area contributed by atoms with Gasteiger partial charge in [0.2, 0.25) is 0 Å². The second-order valence-electron chi connectivity index (χ2n) is 4.86. The average Bonchev–Trinajstić information content (AvgIpc) is 2.47. The van der Waals surface area contributed by atoms with Crippen LogP contribution in [0.4, 0.5) is 5.69 Å². The largest absolute Gasteiger partial charge is 0.497 e. The molecule has 0 bridgehead atoms. The summed E-state index contributed by atoms with van der Waals surface area (Å²) in [5.41, 5.74) is 9.21. The third kappa shape index (κ3) is 4.84. The lowest BCUT2D eigenvalue weighted by Crippen LogP contribution is -2.23. The van der Waals surface area contributed by atoms with E-state index in [0.29, 0.717) is 12.5 Å². The van der Waals surface area contributed by atoms with Crippen LogP contribution in [0.15, 0.2) is 53.5 Å². The zero-order valence-electron chi connectivity index (χ0n) is 12.5. The average molecular weight is 283 g/mol. The fourth-order valence-corrected chi connectivity index (χ4v) is 2.04. The van der Waals surface area contributed by atoms with Crippen LogP contribution in [0.3, 0.4) is 0 Å². The predicted octanol–water partition coefficient (Wildman–Crippen LogP) is 2.97. The molecule has 4 heteroatoms. The van der Waals surface area contributed by atoms with Crippen LogP contribution in [-0.2, 0) is 6.42 Å². The van der Waals surface area contributed by atoms with Crippen molar-refractivity contribution in [3.8, 4) is 5.75 Å². The van der Waals surface area contributed by atoms with Crippen LogP contribution in [0.2, 0.25) is 0 Å². The first-order valence-electron chi connectivity index (χ1n) is 6.94. The lowest BCUT2D eigenvalue weighted by atomic mass is 10.1. The van der Waals surface area contributed by atoms with Crippen molar-refractivity contribution in [2.24, 2.45) is 10.7 Å². The Kier molecular flexibility index (Phi) is 5.21. The molecular weight excluding hydrogens is 262 g/mol. The second kappa shape index (κ2) is 7.33. The number of aryl methyl sites for hydroxylation is 1. The summed E-state index contributed by atoms with van der Waals surface area (Å²) in [5.74, 6) is 1.30. The Hall–Kier alpha value is -2.49. The first-order chi connectivity index (χ1) is 10.2. The van der Waals surface area contributed by atoms with E-state index in [-0.39, 0.29) is 0 Å². The van der Waals surface area contributed by atoms with Gasteiger partial charge in [-0.25, -0.2) is 0 Å². The summed E-state index contributed by atoms with van der Waals surface area (Å²) < 4.78 is 5.20. The fourth-order valence-electron chi connectivity index (χ4n) is 2.04. The zero-order chi connectivity index (χ0) is 15.1. The highest BCUT2D eigenvalue weighted by molar-refractivity contribution is 5.92. The number of nitrogens with two attached hydrogens (primary N) is 1. The highest BCUT2D eigenvalue weighted by atomic mass is 16.5. The molecule has 0 aromatic heterocycles. The summed E-state index contributed by atoms with van der Waals surface area (Å²) in [6.07, 6.45) is 0.827. The second-order valence-corrected chi connectivity index (χ2v) is 4.86. The Morgan fingerprint density at radius 3 is 2.76 bits per heavy atom. The number of guanidine groups is 1. The van der Waals surface area contributed by atoms with E-state index < -0.39 is 0 Å². The topological polar surface area (TPSA) is 59.6 Å². The Morgan fingerprint density at radius 2 is 2.00 bits per heavy atom. The van der Waals surface area contributed by atoms with Crippen molar-refractivity contribution in [3.63, 3.8) is 0 Å². The van der Waals surface area contributed by atoms with E-state index in [2.05, 4.69) is 16.4 Å². The van der Waals surface area contributed by atoms with Crippen LogP contribution in [0.25, 0.3) is 0 Å². The molecule has 2 aromatic carbocycles. The van der Waals surface area contributed by atoms with Crippen molar-refractivity contribution in [2.75, 3.05) is 19.0 Å². The summed E-state index contributed by atoms with van der Waals surface area (Å²) in [6.45, 7) is 2.68. The number of methoxy groups -OCH3 is 1. The molecule has 0 radical (unpaired) electrons. The maximum Gasteiger partial charge on any atom is 0.193 e. The number of nitrogens with zero attached hydrogens (tertiary/aromatic N) is 1. The highest BCUT2D eigenvalue weighted by Gasteiger charge is 1.97. The SMILES string of the molecule is COc1cccc(CCN=C(N)Nc2cccc(C)c2)c1. The zero-order valence-corrected chi connectivity index (χ0v) is 12.5. The molecule has 0 unspecified atom stereocenters. The Balaban J connectivity index is 1.88. The van der Waals surface area contributed by atoms with Gasteiger partial charge in [-0.15, -0.1) is 0 Å². The Morgan fingerprint density at radius 1 is 1.19 bits per heavy atom. The standard InChI is InChI=1S/C17H21N3O/c1-13-5-3-7-15(11-13)20-17(18)19-10-9-14-6-4-8-16(12-14)21-2/h3-8,11-12H,9-10H2,1-2H3,(H3,18,19,20). The molecule has 0 atom stereocenters. The molecule has 4 nitrogen and oxygen atoms in total. The number of hydrogen-bond donors (Lipinski definition) is 2. The fraction of sp³-hybridized carbons (Fsp3) is 0.235. The predicted molar refractivity (Wildman–Crippen MR) is 88.0 cm³/mol. The molecule has 3 N–H and O–H groups in total. The van der Waals surface area contributed by atoms with Crippen LogP contribution in [0, 0.1) is 6.92 Å². The van der Waals surface area contributed by atoms with E-state index in [9.17, 15) is 0 Å². The van der Waals surface area contributed by atoms with Crippen LogP contribution in [-0.4, -0.2) is 19.6 Å². The van der Waals surface area contributed by atoms with Crippen LogP contribution in [0.5, 0.6) is 5.75 Å². The van der Waals surface area contributed by atoms with E-state index >= 15 is 0 Å². The van der Waals surface area contributed by atoms with Crippen molar-refractivity contribution >= 4 is 11.6 Å². The lowest BCUT2D eigenvalue weighted by Gasteiger charge is -2.07. The number of aliphatic imine (C=N–C) groups is 1. The number of anilines is 1. The molecule has 21 heavy (non-hydrogen) atoms. The minimum atomic E-state index is 0.434. The molecule has 0 aliphatic heterocycles. The quantitative estimate of drug-likeness (QED) is 0.655. The molecule has 0 aliphatic rings. The molecule has 0 amide bonds. The molecule has 0 spiro atoms. The number of benzene rings is 2. The summed E-state index contributed by atoms with van der Waals surface area (Å²) in [5, 5.41) is 3.09. The van der Waals surface area contributed by atoms with E-state index in [1.165, 1.54) is 11.1 Å². The molecule has 2 rings (SSSR count). The number of rotatable bonds is 5. The summed E-state index contributed by atoms with van der Waals surface area (Å²) >= 11 is 0. The van der Waals surface area contributed by atoms with E-state index in [4.69, 9.17) is 10.5 Å². The normalized spacial score (nSPS) is 11.2. The van der Waals surface area contributed by atoms with Crippen molar-refractivity contribution in [1.82, 2.24) is 0 Å². The molecule has 0 saturated heterocycles. The van der Waals surface area contributed by atoms with Crippen molar-refractivity contribution in [3.05, 3.63) is 59.7 Å². The number of hydrogen-bond acceptors (Lipinski definition) is 2. The minimum absolute atomic E-state index is 0.434. The van der Waals surface area contributed by atoms with Gasteiger partial charge < -0.3 is 15.8 Å². The van der Waals surface area contributed by atoms with Crippen molar-refractivity contribution in [1.29, 1.82) is 0 Å². The molecule has 0 fully saturated rings. The van der Waals surface area contributed by atoms with Gasteiger partial charge in [0.15, 0.2) is 5.96 Å². The maximum absolute atomic E-state index is 5.89. The first-order valence-corrected chi connectivity index (χ1v) is 6.94. The third-order valence-electron chi connectivity index (χ3n) is 3.11. The van der Waals surface area contributed by atoms with Gasteiger partial charge in [-0.3, -0.25) is 4.99 Å². The minimum Gasteiger partial charge on any atom is -0.497 e. The van der Waals surface area contributed by atoms with Gasteiger partial charge in [0, 0.05) is 12.2 Å². The summed E-state index contributed by atoms with van der Waals surface area (Å²) in [4.78, 5) is 4.34. The van der Waals surface area contributed by atoms with Crippen LogP contribution < -0.4 is 15.8 Å². The molecule has 0 saturated carbocycles. The molecule has 0 aliphatic carbocycles. The summed E-state index contributed by atoms with van der Waals surface area (Å²) in [7, 11) is 1.67. The Labute approximate surface area is 125 Å². The van der Waals surface area contributed by atoms with Gasteiger partial charge in [0.25, 0.3) is 0 Å². The van der Waals surface area contributed by atoms with Gasteiger partial charge in [-0.2, -0.15) is 0 Å². The lowest BCUT2D eigenvalue weighted by molar-refractivity contribution is 0.414. The molecule has 0 heterocycles. The van der Waals surface area contributed by atoms with E-state index in [0.717, 1.165) is 17.9 Å². The number of nitrogens with one attached hydrogen (secondary N) is 1. The molecule has 110 valence electrons. The molecular formula is C17H21N3O. The van der Waals surface area contributed by atoms with Gasteiger partial charge in [-0.1, -0.05) is 24.3 Å². The van der Waals surface area contributed by atoms with Crippen molar-refractivity contribution < 1.29 is 4.74 Å². The van der Waals surface area contributed by atoms with Gasteiger partial charge in [0.05, 0.1) is 7.11 Å². The highest BCUT2D eigenvalue weighted by Crippen LogP contribution is 2.13. The smallest absolute Gasteiger partial charge is 0.193 e.